The highest BCUT2D eigenvalue weighted by molar-refractivity contribution is 7.11. The lowest BCUT2D eigenvalue weighted by Gasteiger charge is -2.28. The summed E-state index contributed by atoms with van der Waals surface area (Å²) in [5.74, 6) is 0.597. The van der Waals surface area contributed by atoms with E-state index in [1.165, 1.54) is 32.1 Å². The Balaban J connectivity index is 1.11. The minimum atomic E-state index is -0.666. The highest BCUT2D eigenvalue weighted by atomic mass is 32.1. The van der Waals surface area contributed by atoms with Crippen LogP contribution in [0.4, 0.5) is 10.1 Å². The molecule has 5 rings (SSSR count). The minimum absolute atomic E-state index is 0.00404. The number of alkyl halides is 1. The summed E-state index contributed by atoms with van der Waals surface area (Å²) < 4.78 is 13.4. The number of carbonyl (C=O) groups excluding carboxylic acids is 2. The van der Waals surface area contributed by atoms with E-state index in [1.807, 2.05) is 24.3 Å². The van der Waals surface area contributed by atoms with Crippen LogP contribution in [0.15, 0.2) is 24.3 Å². The first-order chi connectivity index (χ1) is 17.0. The quantitative estimate of drug-likeness (QED) is 0.499. The molecule has 1 atom stereocenters. The maximum Gasteiger partial charge on any atom is 0.227 e. The third-order valence-corrected chi connectivity index (χ3v) is 8.81. The molecule has 1 aliphatic carbocycles. The fraction of sp³-hybridized carbons (Fsp3) is 0.630. The molecule has 1 aromatic carbocycles. The van der Waals surface area contributed by atoms with Crippen LogP contribution in [-0.4, -0.2) is 52.6 Å². The van der Waals surface area contributed by atoms with Crippen LogP contribution in [0.3, 0.4) is 0 Å². The number of aryl methyl sites for hydroxylation is 1. The molecule has 0 radical (unpaired) electrons. The van der Waals surface area contributed by atoms with Crippen LogP contribution in [0.25, 0.3) is 0 Å². The number of carbonyl (C=O) groups is 2. The fourth-order valence-corrected chi connectivity index (χ4v) is 6.52. The second kappa shape index (κ2) is 11.2. The van der Waals surface area contributed by atoms with Crippen LogP contribution in [0.1, 0.15) is 66.9 Å². The van der Waals surface area contributed by atoms with Gasteiger partial charge in [-0.2, -0.15) is 0 Å². The number of rotatable bonds is 9. The highest BCUT2D eigenvalue weighted by Crippen LogP contribution is 2.30. The maximum absolute atomic E-state index is 13.4. The number of hydrogen-bond donors (Lipinski definition) is 0. The number of Topliss-reactive ketones (excluding diaryl/α,β-unsaturated/α-hetero) is 1. The van der Waals surface area contributed by atoms with Gasteiger partial charge in [-0.05, 0) is 42.9 Å². The van der Waals surface area contributed by atoms with E-state index < -0.39 is 6.17 Å². The molecule has 6 nitrogen and oxygen atoms in total. The first-order valence-electron chi connectivity index (χ1n) is 13.1. The summed E-state index contributed by atoms with van der Waals surface area (Å²) in [6.45, 7) is 2.79. The second-order valence-corrected chi connectivity index (χ2v) is 11.6. The van der Waals surface area contributed by atoms with Gasteiger partial charge in [0.05, 0.1) is 6.42 Å². The summed E-state index contributed by atoms with van der Waals surface area (Å²) in [6.07, 6.45) is 8.55. The average Bonchev–Trinajstić information content (AvgIpc) is 3.61. The Labute approximate surface area is 210 Å². The number of likely N-dealkylation sites (tertiary alicyclic amines) is 1. The van der Waals surface area contributed by atoms with Crippen LogP contribution in [0, 0.1) is 11.8 Å². The fourth-order valence-electron chi connectivity index (χ4n) is 5.65. The molecule has 2 saturated heterocycles. The van der Waals surface area contributed by atoms with Gasteiger partial charge >= 0.3 is 0 Å². The molecule has 8 heteroatoms. The van der Waals surface area contributed by atoms with Gasteiger partial charge in [0.15, 0.2) is 0 Å². The second-order valence-electron chi connectivity index (χ2n) is 10.4. The molecular weight excluding hydrogens is 463 g/mol. The maximum atomic E-state index is 13.4. The first-order valence-corrected chi connectivity index (χ1v) is 13.9. The van der Waals surface area contributed by atoms with Gasteiger partial charge in [-0.25, -0.2) is 4.39 Å². The van der Waals surface area contributed by atoms with Gasteiger partial charge in [0.25, 0.3) is 0 Å². The standard InChI is InChI=1S/C27H35FN4O2S/c28-22-11-13-31(14-12-22)17-20-5-8-23(9-6-20)32-18-21(15-27(32)34)24(33)16-26-30-29-25(35-26)10-7-19-3-1-2-4-19/h5-6,8-9,19,21-22H,1-4,7,10-18H2. The summed E-state index contributed by atoms with van der Waals surface area (Å²) in [7, 11) is 0. The van der Waals surface area contributed by atoms with Crippen LogP contribution in [0.2, 0.25) is 0 Å². The zero-order valence-electron chi connectivity index (χ0n) is 20.3. The molecule has 35 heavy (non-hydrogen) atoms. The summed E-state index contributed by atoms with van der Waals surface area (Å²) >= 11 is 1.55. The van der Waals surface area contributed by atoms with Crippen LogP contribution < -0.4 is 4.90 Å². The Kier molecular flexibility index (Phi) is 7.88. The minimum Gasteiger partial charge on any atom is -0.312 e. The number of piperidine rings is 1. The number of amides is 1. The number of aromatic nitrogens is 2. The van der Waals surface area contributed by atoms with E-state index in [1.54, 1.807) is 16.2 Å². The molecule has 2 aliphatic heterocycles. The van der Waals surface area contributed by atoms with Crippen LogP contribution in [-0.2, 0) is 29.0 Å². The van der Waals surface area contributed by atoms with Crippen molar-refractivity contribution >= 4 is 28.7 Å². The SMILES string of the molecule is O=C(Cc1nnc(CCC2CCCC2)s1)C1CC(=O)N(c2ccc(CN3CCC(F)CC3)cc2)C1. The lowest BCUT2D eigenvalue weighted by Crippen LogP contribution is -2.33. The first kappa shape index (κ1) is 24.5. The smallest absolute Gasteiger partial charge is 0.227 e. The van der Waals surface area contributed by atoms with Gasteiger partial charge in [0, 0.05) is 50.6 Å². The zero-order chi connectivity index (χ0) is 24.2. The number of benzene rings is 1. The van der Waals surface area contributed by atoms with Crippen molar-refractivity contribution in [1.82, 2.24) is 15.1 Å². The molecule has 1 unspecified atom stereocenters. The van der Waals surface area contributed by atoms with Crippen molar-refractivity contribution < 1.29 is 14.0 Å². The largest absolute Gasteiger partial charge is 0.312 e. The third kappa shape index (κ3) is 6.33. The van der Waals surface area contributed by atoms with Crippen LogP contribution >= 0.6 is 11.3 Å². The third-order valence-electron chi connectivity index (χ3n) is 7.83. The van der Waals surface area contributed by atoms with E-state index in [0.717, 1.165) is 53.2 Å². The summed E-state index contributed by atoms with van der Waals surface area (Å²) in [4.78, 5) is 29.6. The van der Waals surface area contributed by atoms with E-state index in [0.29, 0.717) is 19.4 Å². The molecule has 2 aromatic rings. The van der Waals surface area contributed by atoms with Crippen molar-refractivity contribution in [3.63, 3.8) is 0 Å². The Morgan fingerprint density at radius 2 is 1.74 bits per heavy atom. The van der Waals surface area contributed by atoms with E-state index in [-0.39, 0.29) is 30.4 Å². The van der Waals surface area contributed by atoms with Crippen molar-refractivity contribution in [3.8, 4) is 0 Å². The van der Waals surface area contributed by atoms with Crippen molar-refractivity contribution in [1.29, 1.82) is 0 Å². The highest BCUT2D eigenvalue weighted by Gasteiger charge is 2.35. The summed E-state index contributed by atoms with van der Waals surface area (Å²) in [5, 5.41) is 10.4. The molecule has 3 aliphatic rings. The predicted octanol–water partition coefficient (Wildman–Crippen LogP) is 4.76. The molecule has 0 N–H and O–H groups in total. The van der Waals surface area contributed by atoms with Gasteiger partial charge in [-0.15, -0.1) is 21.5 Å². The molecular formula is C27H35FN4O2S. The number of hydrogen-bond acceptors (Lipinski definition) is 6. The van der Waals surface area contributed by atoms with Gasteiger partial charge in [0.2, 0.25) is 5.91 Å². The summed E-state index contributed by atoms with van der Waals surface area (Å²) in [5.41, 5.74) is 1.99. The zero-order valence-corrected chi connectivity index (χ0v) is 21.1. The van der Waals surface area contributed by atoms with Crippen molar-refractivity contribution in [2.75, 3.05) is 24.5 Å². The van der Waals surface area contributed by atoms with Gasteiger partial charge in [0.1, 0.15) is 22.0 Å². The Hall–Kier alpha value is -2.19. The van der Waals surface area contributed by atoms with Crippen LogP contribution in [0.5, 0.6) is 0 Å². The van der Waals surface area contributed by atoms with Crippen molar-refractivity contribution in [3.05, 3.63) is 39.8 Å². The van der Waals surface area contributed by atoms with Gasteiger partial charge < -0.3 is 4.90 Å². The molecule has 1 aromatic heterocycles. The normalized spacial score (nSPS) is 22.4. The molecule has 0 bridgehead atoms. The molecule has 0 spiro atoms. The molecule has 3 fully saturated rings. The molecule has 1 saturated carbocycles. The summed E-state index contributed by atoms with van der Waals surface area (Å²) in [6, 6.07) is 7.99. The van der Waals surface area contributed by atoms with E-state index in [2.05, 4.69) is 15.1 Å². The number of nitrogens with zero attached hydrogens (tertiary/aromatic N) is 4. The van der Waals surface area contributed by atoms with E-state index in [9.17, 15) is 14.0 Å². The van der Waals surface area contributed by atoms with E-state index in [4.69, 9.17) is 0 Å². The number of halogens is 1. The Morgan fingerprint density at radius 1 is 1.03 bits per heavy atom. The Bertz CT molecular complexity index is 1010. The lowest BCUT2D eigenvalue weighted by atomic mass is 10.0. The average molecular weight is 499 g/mol. The van der Waals surface area contributed by atoms with E-state index >= 15 is 0 Å². The Morgan fingerprint density at radius 3 is 2.49 bits per heavy atom. The van der Waals surface area contributed by atoms with Crippen molar-refractivity contribution in [2.24, 2.45) is 11.8 Å². The topological polar surface area (TPSA) is 66.4 Å². The number of ketones is 1. The van der Waals surface area contributed by atoms with Gasteiger partial charge in [-0.3, -0.25) is 14.5 Å². The monoisotopic (exact) mass is 498 g/mol. The predicted molar refractivity (Wildman–Crippen MR) is 135 cm³/mol. The lowest BCUT2D eigenvalue weighted by molar-refractivity contribution is -0.124. The van der Waals surface area contributed by atoms with Crippen molar-refractivity contribution in [2.45, 2.75) is 76.9 Å². The molecule has 188 valence electrons. The molecule has 1 amide bonds. The molecule has 3 heterocycles. The van der Waals surface area contributed by atoms with Gasteiger partial charge in [-0.1, -0.05) is 37.8 Å². The number of anilines is 1.